The Balaban J connectivity index is 2.32. The number of hydrogen-bond acceptors (Lipinski definition) is 1. The third kappa shape index (κ3) is 0.997. The van der Waals surface area contributed by atoms with E-state index in [0.717, 1.165) is 19.4 Å². The molecule has 2 nitrogen and oxygen atoms in total. The first kappa shape index (κ1) is 5.60. The van der Waals surface area contributed by atoms with Gasteiger partial charge in [-0.05, 0) is 5.92 Å². The zero-order valence-corrected chi connectivity index (χ0v) is 5.11. The number of amides is 1. The molecule has 1 heterocycles. The molecule has 0 aliphatic carbocycles. The Morgan fingerprint density at radius 2 is 2.62 bits per heavy atom. The Morgan fingerprint density at radius 3 is 2.88 bits per heavy atom. The van der Waals surface area contributed by atoms with Crippen molar-refractivity contribution < 1.29 is 4.79 Å². The monoisotopic (exact) mass is 113 g/mol. The van der Waals surface area contributed by atoms with Gasteiger partial charge >= 0.3 is 0 Å². The van der Waals surface area contributed by atoms with Gasteiger partial charge in [-0.25, -0.2) is 0 Å². The van der Waals surface area contributed by atoms with Crippen LogP contribution in [-0.2, 0) is 4.79 Å². The molecule has 0 aromatic carbocycles. The van der Waals surface area contributed by atoms with Crippen molar-refractivity contribution in [1.82, 2.24) is 5.32 Å². The molecule has 0 spiro atoms. The van der Waals surface area contributed by atoms with Crippen LogP contribution in [0.15, 0.2) is 0 Å². The van der Waals surface area contributed by atoms with Crippen LogP contribution in [-0.4, -0.2) is 12.5 Å². The van der Waals surface area contributed by atoms with E-state index in [2.05, 4.69) is 12.2 Å². The van der Waals surface area contributed by atoms with E-state index in [1.165, 1.54) is 0 Å². The molecule has 46 valence electrons. The smallest absolute Gasteiger partial charge is 0.220 e. The molecular formula is C6H11NO. The van der Waals surface area contributed by atoms with Crippen LogP contribution >= 0.6 is 0 Å². The summed E-state index contributed by atoms with van der Waals surface area (Å²) >= 11 is 0. The predicted molar refractivity (Wildman–Crippen MR) is 31.4 cm³/mol. The molecule has 0 saturated carbocycles. The highest BCUT2D eigenvalue weighted by molar-refractivity contribution is 5.78. The number of rotatable bonds is 1. The lowest BCUT2D eigenvalue weighted by Crippen LogP contribution is -2.13. The van der Waals surface area contributed by atoms with Gasteiger partial charge in [-0.2, -0.15) is 0 Å². The highest BCUT2D eigenvalue weighted by Gasteiger charge is 2.18. The number of carbonyl (C=O) groups is 1. The van der Waals surface area contributed by atoms with Gasteiger partial charge in [0, 0.05) is 13.0 Å². The molecule has 1 fully saturated rings. The fourth-order valence-corrected chi connectivity index (χ4v) is 0.953. The van der Waals surface area contributed by atoms with Gasteiger partial charge in [-0.15, -0.1) is 0 Å². The van der Waals surface area contributed by atoms with Crippen LogP contribution in [0.4, 0.5) is 0 Å². The third-order valence-corrected chi connectivity index (χ3v) is 1.64. The zero-order valence-electron chi connectivity index (χ0n) is 5.11. The second-order valence-corrected chi connectivity index (χ2v) is 2.28. The van der Waals surface area contributed by atoms with Gasteiger partial charge in [-0.3, -0.25) is 4.79 Å². The van der Waals surface area contributed by atoms with Gasteiger partial charge in [-0.1, -0.05) is 13.3 Å². The van der Waals surface area contributed by atoms with Crippen molar-refractivity contribution in [3.8, 4) is 0 Å². The molecule has 2 heteroatoms. The van der Waals surface area contributed by atoms with Crippen LogP contribution in [0.1, 0.15) is 19.8 Å². The van der Waals surface area contributed by atoms with Crippen molar-refractivity contribution in [3.05, 3.63) is 0 Å². The lowest BCUT2D eigenvalue weighted by Gasteiger charge is -1.97. The van der Waals surface area contributed by atoms with Crippen LogP contribution in [0.5, 0.6) is 0 Å². The highest BCUT2D eigenvalue weighted by atomic mass is 16.1. The van der Waals surface area contributed by atoms with E-state index < -0.39 is 0 Å². The average Bonchev–Trinajstić information content (AvgIpc) is 2.14. The van der Waals surface area contributed by atoms with Gasteiger partial charge in [0.25, 0.3) is 0 Å². The Labute approximate surface area is 49.3 Å². The summed E-state index contributed by atoms with van der Waals surface area (Å²) in [5, 5.41) is 2.78. The summed E-state index contributed by atoms with van der Waals surface area (Å²) in [7, 11) is 0. The summed E-state index contributed by atoms with van der Waals surface area (Å²) in [6, 6.07) is 0. The van der Waals surface area contributed by atoms with E-state index in [1.54, 1.807) is 0 Å². The number of hydrogen-bond donors (Lipinski definition) is 1. The first-order valence-corrected chi connectivity index (χ1v) is 3.09. The first-order valence-electron chi connectivity index (χ1n) is 3.09. The maximum atomic E-state index is 10.5. The molecule has 1 atom stereocenters. The second-order valence-electron chi connectivity index (χ2n) is 2.28. The van der Waals surface area contributed by atoms with Crippen LogP contribution in [0.25, 0.3) is 0 Å². The lowest BCUT2D eigenvalue weighted by molar-refractivity contribution is -0.119. The van der Waals surface area contributed by atoms with E-state index in [9.17, 15) is 4.79 Å². The molecule has 0 radical (unpaired) electrons. The van der Waals surface area contributed by atoms with E-state index in [-0.39, 0.29) is 5.91 Å². The van der Waals surface area contributed by atoms with Crippen molar-refractivity contribution in [2.75, 3.05) is 6.54 Å². The van der Waals surface area contributed by atoms with E-state index >= 15 is 0 Å². The molecule has 1 amide bonds. The molecule has 1 saturated heterocycles. The Morgan fingerprint density at radius 1 is 1.88 bits per heavy atom. The maximum absolute atomic E-state index is 10.5. The van der Waals surface area contributed by atoms with Crippen LogP contribution < -0.4 is 5.32 Å². The fourth-order valence-electron chi connectivity index (χ4n) is 0.953. The van der Waals surface area contributed by atoms with E-state index in [4.69, 9.17) is 0 Å². The summed E-state index contributed by atoms with van der Waals surface area (Å²) < 4.78 is 0. The number of nitrogens with one attached hydrogen (secondary N) is 1. The lowest BCUT2D eigenvalue weighted by atomic mass is 10.1. The molecular weight excluding hydrogens is 102 g/mol. The van der Waals surface area contributed by atoms with Crippen LogP contribution in [0, 0.1) is 5.92 Å². The van der Waals surface area contributed by atoms with E-state index in [1.807, 2.05) is 0 Å². The van der Waals surface area contributed by atoms with Gasteiger partial charge in [0.2, 0.25) is 5.91 Å². The molecule has 1 aliphatic rings. The van der Waals surface area contributed by atoms with Gasteiger partial charge in [0.15, 0.2) is 0 Å². The summed E-state index contributed by atoms with van der Waals surface area (Å²) in [6.07, 6.45) is 1.87. The SMILES string of the molecule is CC[C@H]1CNC(=O)C1. The zero-order chi connectivity index (χ0) is 5.98. The summed E-state index contributed by atoms with van der Waals surface area (Å²) in [6.45, 7) is 3.01. The average molecular weight is 113 g/mol. The van der Waals surface area contributed by atoms with Crippen molar-refractivity contribution >= 4 is 5.91 Å². The second kappa shape index (κ2) is 2.16. The fraction of sp³-hybridized carbons (Fsp3) is 0.833. The highest BCUT2D eigenvalue weighted by Crippen LogP contribution is 2.11. The Kier molecular flexibility index (Phi) is 1.51. The molecule has 8 heavy (non-hydrogen) atoms. The molecule has 1 aliphatic heterocycles. The molecule has 0 aromatic rings. The van der Waals surface area contributed by atoms with Crippen molar-refractivity contribution in [2.45, 2.75) is 19.8 Å². The molecule has 1 N–H and O–H groups in total. The van der Waals surface area contributed by atoms with Gasteiger partial charge < -0.3 is 5.32 Å². The molecule has 1 rings (SSSR count). The maximum Gasteiger partial charge on any atom is 0.220 e. The topological polar surface area (TPSA) is 29.1 Å². The van der Waals surface area contributed by atoms with Crippen LogP contribution in [0.3, 0.4) is 0 Å². The van der Waals surface area contributed by atoms with Crippen molar-refractivity contribution in [2.24, 2.45) is 5.92 Å². The molecule has 0 bridgehead atoms. The molecule has 0 aromatic heterocycles. The van der Waals surface area contributed by atoms with Gasteiger partial charge in [0.05, 0.1) is 0 Å². The summed E-state index contributed by atoms with van der Waals surface area (Å²) in [5.41, 5.74) is 0. The van der Waals surface area contributed by atoms with Gasteiger partial charge in [0.1, 0.15) is 0 Å². The van der Waals surface area contributed by atoms with E-state index in [0.29, 0.717) is 5.92 Å². The summed E-state index contributed by atoms with van der Waals surface area (Å²) in [5.74, 6) is 0.833. The summed E-state index contributed by atoms with van der Waals surface area (Å²) in [4.78, 5) is 10.5. The third-order valence-electron chi connectivity index (χ3n) is 1.64. The Bertz CT molecular complexity index is 101. The first-order chi connectivity index (χ1) is 3.83. The Hall–Kier alpha value is -0.530. The normalized spacial score (nSPS) is 28.1. The van der Waals surface area contributed by atoms with Crippen LogP contribution in [0.2, 0.25) is 0 Å². The minimum atomic E-state index is 0.219. The predicted octanol–water partition coefficient (Wildman–Crippen LogP) is 0.532. The minimum absolute atomic E-state index is 0.219. The minimum Gasteiger partial charge on any atom is -0.356 e. The molecule has 0 unspecified atom stereocenters. The standard InChI is InChI=1S/C6H11NO/c1-2-5-3-6(8)7-4-5/h5H,2-4H2,1H3,(H,7,8)/t5-/m1/s1. The largest absolute Gasteiger partial charge is 0.356 e. The quantitative estimate of drug-likeness (QED) is 0.528. The van der Waals surface area contributed by atoms with Crippen molar-refractivity contribution in [1.29, 1.82) is 0 Å². The van der Waals surface area contributed by atoms with Crippen molar-refractivity contribution in [3.63, 3.8) is 0 Å². The number of carbonyl (C=O) groups excluding carboxylic acids is 1.